The van der Waals surface area contributed by atoms with Gasteiger partial charge in [0.05, 0.1) is 17.7 Å². The molecule has 4 rings (SSSR count). The molecule has 0 aliphatic carbocycles. The summed E-state index contributed by atoms with van der Waals surface area (Å²) in [4.78, 5) is 57.2. The van der Waals surface area contributed by atoms with Gasteiger partial charge in [-0.15, -0.1) is 0 Å². The standard InChI is InChI=1S/C25H21FN4O4/c1-15-11-16(2)13-18(12-15)29-22(31)14-21(25(29)34)30(24(33)19-5-3-4-6-20(19)26)28-23(32)17-7-9-27-10-8-17/h3-13,21H,14H2,1-2H3,(H,28,32). The van der Waals surface area contributed by atoms with Crippen molar-refractivity contribution in [3.8, 4) is 0 Å². The number of aryl methyl sites for hydroxylation is 2. The Bertz CT molecular complexity index is 1270. The van der Waals surface area contributed by atoms with Crippen LogP contribution in [0.15, 0.2) is 67.0 Å². The molecule has 1 aliphatic rings. The number of benzene rings is 2. The summed E-state index contributed by atoms with van der Waals surface area (Å²) in [7, 11) is 0. The van der Waals surface area contributed by atoms with E-state index in [0.29, 0.717) is 5.69 Å². The van der Waals surface area contributed by atoms with Gasteiger partial charge in [0.1, 0.15) is 11.9 Å². The number of nitrogens with zero attached hydrogens (tertiary/aromatic N) is 3. The van der Waals surface area contributed by atoms with Crippen molar-refractivity contribution in [1.82, 2.24) is 15.4 Å². The molecule has 1 atom stereocenters. The fourth-order valence-corrected chi connectivity index (χ4v) is 3.88. The van der Waals surface area contributed by atoms with Crippen LogP contribution in [0.3, 0.4) is 0 Å². The van der Waals surface area contributed by atoms with E-state index >= 15 is 0 Å². The van der Waals surface area contributed by atoms with Crippen LogP contribution < -0.4 is 10.3 Å². The Labute approximate surface area is 195 Å². The van der Waals surface area contributed by atoms with E-state index in [1.165, 1.54) is 42.7 Å². The number of carbonyl (C=O) groups is 4. The van der Waals surface area contributed by atoms with Gasteiger partial charge in [-0.1, -0.05) is 18.2 Å². The van der Waals surface area contributed by atoms with Gasteiger partial charge in [-0.2, -0.15) is 0 Å². The Morgan fingerprint density at radius 2 is 1.68 bits per heavy atom. The molecule has 1 aliphatic heterocycles. The minimum atomic E-state index is -1.36. The fourth-order valence-electron chi connectivity index (χ4n) is 3.88. The van der Waals surface area contributed by atoms with E-state index in [0.717, 1.165) is 27.1 Å². The van der Waals surface area contributed by atoms with Gasteiger partial charge in [-0.25, -0.2) is 14.3 Å². The molecule has 0 spiro atoms. The number of hydrogen-bond acceptors (Lipinski definition) is 5. The number of rotatable bonds is 4. The molecule has 2 aromatic carbocycles. The Hall–Kier alpha value is -4.40. The second-order valence-corrected chi connectivity index (χ2v) is 7.97. The third-order valence-corrected chi connectivity index (χ3v) is 5.39. The van der Waals surface area contributed by atoms with Crippen molar-refractivity contribution in [2.45, 2.75) is 26.3 Å². The molecule has 2 heterocycles. The zero-order chi connectivity index (χ0) is 24.4. The highest BCUT2D eigenvalue weighted by Crippen LogP contribution is 2.28. The Kier molecular flexibility index (Phi) is 6.18. The zero-order valence-electron chi connectivity index (χ0n) is 18.5. The molecule has 1 unspecified atom stereocenters. The lowest BCUT2D eigenvalue weighted by Gasteiger charge is -2.28. The van der Waals surface area contributed by atoms with Gasteiger partial charge in [0.15, 0.2) is 0 Å². The fraction of sp³-hybridized carbons (Fsp3) is 0.160. The molecule has 1 saturated heterocycles. The van der Waals surface area contributed by atoms with Crippen molar-refractivity contribution in [2.75, 3.05) is 4.90 Å². The lowest BCUT2D eigenvalue weighted by molar-refractivity contribution is -0.122. The maximum atomic E-state index is 14.4. The molecule has 8 nitrogen and oxygen atoms in total. The summed E-state index contributed by atoms with van der Waals surface area (Å²) in [5.74, 6) is -3.72. The van der Waals surface area contributed by atoms with E-state index in [1.807, 2.05) is 19.9 Å². The van der Waals surface area contributed by atoms with Gasteiger partial charge >= 0.3 is 0 Å². The van der Waals surface area contributed by atoms with E-state index in [2.05, 4.69) is 10.4 Å². The van der Waals surface area contributed by atoms with Crippen LogP contribution in [-0.2, 0) is 9.59 Å². The van der Waals surface area contributed by atoms with Crippen LogP contribution in [0.25, 0.3) is 0 Å². The lowest BCUT2D eigenvalue weighted by Crippen LogP contribution is -2.54. The zero-order valence-corrected chi connectivity index (χ0v) is 18.5. The van der Waals surface area contributed by atoms with Crippen LogP contribution in [0.4, 0.5) is 10.1 Å². The number of nitrogens with one attached hydrogen (secondary N) is 1. The monoisotopic (exact) mass is 460 g/mol. The molecule has 3 aromatic rings. The van der Waals surface area contributed by atoms with E-state index < -0.39 is 35.5 Å². The second-order valence-electron chi connectivity index (χ2n) is 7.97. The minimum absolute atomic E-state index is 0.171. The summed E-state index contributed by atoms with van der Waals surface area (Å²) in [6.07, 6.45) is 2.41. The van der Waals surface area contributed by atoms with Crippen LogP contribution in [-0.4, -0.2) is 39.7 Å². The topological polar surface area (TPSA) is 99.7 Å². The number of imide groups is 1. The maximum absolute atomic E-state index is 14.4. The number of hydrogen-bond donors (Lipinski definition) is 1. The minimum Gasteiger partial charge on any atom is -0.274 e. The number of amides is 4. The van der Waals surface area contributed by atoms with Gasteiger partial charge in [0, 0.05) is 18.0 Å². The molecule has 172 valence electrons. The molecule has 0 bridgehead atoms. The van der Waals surface area contributed by atoms with Crippen molar-refractivity contribution in [3.05, 3.63) is 95.1 Å². The number of hydrazine groups is 1. The third-order valence-electron chi connectivity index (χ3n) is 5.39. The summed E-state index contributed by atoms with van der Waals surface area (Å²) < 4.78 is 14.4. The summed E-state index contributed by atoms with van der Waals surface area (Å²) >= 11 is 0. The number of pyridine rings is 1. The first-order valence-electron chi connectivity index (χ1n) is 10.5. The Morgan fingerprint density at radius 1 is 1.03 bits per heavy atom. The van der Waals surface area contributed by atoms with Crippen LogP contribution in [0.5, 0.6) is 0 Å². The summed E-state index contributed by atoms with van der Waals surface area (Å²) in [5.41, 5.74) is 4.29. The van der Waals surface area contributed by atoms with Crippen molar-refractivity contribution in [3.63, 3.8) is 0 Å². The molecule has 1 fully saturated rings. The van der Waals surface area contributed by atoms with Crippen molar-refractivity contribution < 1.29 is 23.6 Å². The average molecular weight is 460 g/mol. The first kappa shape index (κ1) is 22.8. The highest BCUT2D eigenvalue weighted by molar-refractivity contribution is 6.23. The molecular formula is C25H21FN4O4. The normalized spacial score (nSPS) is 15.4. The SMILES string of the molecule is Cc1cc(C)cc(N2C(=O)CC(N(NC(=O)c3ccncc3)C(=O)c3ccccc3F)C2=O)c1. The quantitative estimate of drug-likeness (QED) is 0.477. The number of halogens is 1. The smallest absolute Gasteiger partial charge is 0.274 e. The number of carbonyl (C=O) groups excluding carboxylic acids is 4. The largest absolute Gasteiger partial charge is 0.276 e. The molecule has 4 amide bonds. The van der Waals surface area contributed by atoms with Gasteiger partial charge in [-0.3, -0.25) is 29.6 Å². The molecule has 1 aromatic heterocycles. The molecule has 34 heavy (non-hydrogen) atoms. The number of aromatic nitrogens is 1. The van der Waals surface area contributed by atoms with Crippen LogP contribution >= 0.6 is 0 Å². The molecular weight excluding hydrogens is 439 g/mol. The third kappa shape index (κ3) is 4.40. The maximum Gasteiger partial charge on any atom is 0.276 e. The van der Waals surface area contributed by atoms with Crippen molar-refractivity contribution in [2.24, 2.45) is 0 Å². The highest BCUT2D eigenvalue weighted by atomic mass is 19.1. The first-order chi connectivity index (χ1) is 16.3. The predicted molar refractivity (Wildman–Crippen MR) is 121 cm³/mol. The Morgan fingerprint density at radius 3 is 2.32 bits per heavy atom. The highest BCUT2D eigenvalue weighted by Gasteiger charge is 2.46. The molecule has 0 radical (unpaired) electrons. The first-order valence-corrected chi connectivity index (χ1v) is 10.5. The van der Waals surface area contributed by atoms with Crippen LogP contribution in [0.2, 0.25) is 0 Å². The van der Waals surface area contributed by atoms with Crippen molar-refractivity contribution in [1.29, 1.82) is 0 Å². The van der Waals surface area contributed by atoms with Crippen LogP contribution in [0.1, 0.15) is 38.3 Å². The Balaban J connectivity index is 1.71. The molecule has 0 saturated carbocycles. The predicted octanol–water partition coefficient (Wildman–Crippen LogP) is 2.96. The van der Waals surface area contributed by atoms with Gasteiger partial charge in [-0.05, 0) is 61.4 Å². The second kappa shape index (κ2) is 9.22. The van der Waals surface area contributed by atoms with E-state index in [-0.39, 0.29) is 17.5 Å². The summed E-state index contributed by atoms with van der Waals surface area (Å²) in [6, 6.07) is 12.0. The van der Waals surface area contributed by atoms with Gasteiger partial charge in [0.25, 0.3) is 17.7 Å². The van der Waals surface area contributed by atoms with E-state index in [4.69, 9.17) is 0 Å². The summed E-state index contributed by atoms with van der Waals surface area (Å²) in [6.45, 7) is 3.67. The average Bonchev–Trinajstić information content (AvgIpc) is 3.10. The van der Waals surface area contributed by atoms with Crippen LogP contribution in [0, 0.1) is 19.7 Å². The lowest BCUT2D eigenvalue weighted by atomic mass is 10.1. The van der Waals surface area contributed by atoms with Gasteiger partial charge < -0.3 is 0 Å². The summed E-state index contributed by atoms with van der Waals surface area (Å²) in [5, 5.41) is 0.740. The van der Waals surface area contributed by atoms with Crippen molar-refractivity contribution >= 4 is 29.3 Å². The van der Waals surface area contributed by atoms with Gasteiger partial charge in [0.2, 0.25) is 5.91 Å². The number of anilines is 1. The molecule has 1 N–H and O–H groups in total. The van der Waals surface area contributed by atoms with E-state index in [9.17, 15) is 23.6 Å². The van der Waals surface area contributed by atoms with E-state index in [1.54, 1.807) is 12.1 Å². The molecule has 9 heteroatoms.